The second-order valence-electron chi connectivity index (χ2n) is 4.30. The molecule has 0 rings (SSSR count). The minimum Gasteiger partial charge on any atom is -0.436 e. The van der Waals surface area contributed by atoms with E-state index in [0.717, 1.165) is 0 Å². The Hall–Kier alpha value is -2.34. The summed E-state index contributed by atoms with van der Waals surface area (Å²) in [7, 11) is 0. The van der Waals surface area contributed by atoms with Crippen molar-refractivity contribution in [1.82, 2.24) is 5.32 Å². The molecule has 0 spiro atoms. The van der Waals surface area contributed by atoms with Crippen LogP contribution in [0.3, 0.4) is 0 Å². The zero-order valence-electron chi connectivity index (χ0n) is 11.7. The van der Waals surface area contributed by atoms with E-state index in [4.69, 9.17) is 22.3 Å². The van der Waals surface area contributed by atoms with Crippen LogP contribution >= 0.6 is 0 Å². The average molecular weight is 281 g/mol. The molecule has 0 aromatic rings. The van der Waals surface area contributed by atoms with Crippen LogP contribution in [-0.2, 0) is 14.2 Å². The van der Waals surface area contributed by atoms with E-state index in [1.165, 1.54) is 0 Å². The molecule has 0 bridgehead atoms. The summed E-state index contributed by atoms with van der Waals surface area (Å²) in [6, 6.07) is -0.390. The molecule has 1 atom stereocenters. The lowest BCUT2D eigenvalue weighted by Gasteiger charge is -2.19. The quantitative estimate of drug-likeness (QED) is 0.566. The molecule has 0 fully saturated rings. The van der Waals surface area contributed by atoms with Crippen molar-refractivity contribution in [1.29, 1.82) is 0 Å². The van der Waals surface area contributed by atoms with Gasteiger partial charge in [-0.25, -0.2) is 9.59 Å². The Kier molecular flexibility index (Phi) is 9.33. The van der Waals surface area contributed by atoms with Gasteiger partial charge in [-0.3, -0.25) is 0 Å². The molecule has 6 nitrogen and oxygen atoms in total. The number of hydrogen-bond acceptors (Lipinski definition) is 5. The molecular weight excluding hydrogens is 262 g/mol. The lowest BCUT2D eigenvalue weighted by molar-refractivity contribution is 0.0540. The van der Waals surface area contributed by atoms with Crippen molar-refractivity contribution in [3.8, 4) is 24.7 Å². The first-order valence-corrected chi connectivity index (χ1v) is 6.09. The average Bonchev–Trinajstić information content (AvgIpc) is 2.39. The van der Waals surface area contributed by atoms with Gasteiger partial charge >= 0.3 is 12.2 Å². The molecule has 0 aliphatic heterocycles. The monoisotopic (exact) mass is 281 g/mol. The fourth-order valence-electron chi connectivity index (χ4n) is 1.36. The molecule has 1 unspecified atom stereocenters. The van der Waals surface area contributed by atoms with Gasteiger partial charge in [-0.05, 0) is 12.3 Å². The van der Waals surface area contributed by atoms with Crippen LogP contribution in [0.15, 0.2) is 0 Å². The molecule has 0 saturated heterocycles. The summed E-state index contributed by atoms with van der Waals surface area (Å²) >= 11 is 0. The molecule has 110 valence electrons. The van der Waals surface area contributed by atoms with Gasteiger partial charge in [0.15, 0.2) is 13.2 Å². The molecule has 0 saturated carbocycles. The Labute approximate surface area is 119 Å². The second-order valence-corrected chi connectivity index (χ2v) is 4.30. The van der Waals surface area contributed by atoms with Crippen LogP contribution in [0.25, 0.3) is 0 Å². The van der Waals surface area contributed by atoms with Crippen LogP contribution in [-0.4, -0.2) is 38.1 Å². The Morgan fingerprint density at radius 1 is 1.10 bits per heavy atom. The van der Waals surface area contributed by atoms with E-state index in [1.807, 2.05) is 13.8 Å². The van der Waals surface area contributed by atoms with E-state index in [1.54, 1.807) is 0 Å². The Morgan fingerprint density at radius 3 is 2.25 bits per heavy atom. The predicted octanol–water partition coefficient (Wildman–Crippen LogP) is 1.55. The third kappa shape index (κ3) is 9.67. The van der Waals surface area contributed by atoms with E-state index in [9.17, 15) is 9.59 Å². The van der Waals surface area contributed by atoms with Gasteiger partial charge in [0, 0.05) is 0 Å². The highest BCUT2D eigenvalue weighted by molar-refractivity contribution is 5.67. The number of alkyl carbamates (subject to hydrolysis) is 1. The van der Waals surface area contributed by atoms with Crippen molar-refractivity contribution in [2.45, 2.75) is 26.3 Å². The fraction of sp³-hybridized carbons (Fsp3) is 0.571. The van der Waals surface area contributed by atoms with Gasteiger partial charge in [-0.15, -0.1) is 12.8 Å². The molecule has 0 aromatic heterocycles. The summed E-state index contributed by atoms with van der Waals surface area (Å²) in [6.07, 6.45) is 8.98. The highest BCUT2D eigenvalue weighted by Gasteiger charge is 2.17. The largest absolute Gasteiger partial charge is 0.509 e. The van der Waals surface area contributed by atoms with Crippen LogP contribution in [0.2, 0.25) is 0 Å². The number of amides is 1. The highest BCUT2D eigenvalue weighted by atomic mass is 16.7. The fourth-order valence-corrected chi connectivity index (χ4v) is 1.36. The minimum absolute atomic E-state index is 0.0350. The first kappa shape index (κ1) is 17.7. The first-order valence-electron chi connectivity index (χ1n) is 6.09. The minimum atomic E-state index is -0.879. The standard InChI is InChI=1S/C14H19NO5/c1-5-7-18-13(16)15-12(9-11(3)4)10-20-14(17)19-8-6-2/h1-2,11-12H,7-10H2,3-4H3,(H,15,16). The molecule has 20 heavy (non-hydrogen) atoms. The number of carbonyl (C=O) groups excluding carboxylic acids is 2. The molecule has 6 heteroatoms. The van der Waals surface area contributed by atoms with Crippen LogP contribution in [0, 0.1) is 30.6 Å². The van der Waals surface area contributed by atoms with Crippen LogP contribution in [0.1, 0.15) is 20.3 Å². The second kappa shape index (κ2) is 10.6. The summed E-state index contributed by atoms with van der Waals surface area (Å²) in [5.74, 6) is 4.61. The van der Waals surface area contributed by atoms with E-state index in [-0.39, 0.29) is 19.8 Å². The smallest absolute Gasteiger partial charge is 0.436 e. The van der Waals surface area contributed by atoms with Crippen molar-refractivity contribution < 1.29 is 23.8 Å². The molecule has 1 amide bonds. The number of terminal acetylenes is 2. The lowest BCUT2D eigenvalue weighted by Crippen LogP contribution is -2.40. The summed E-state index contributed by atoms with van der Waals surface area (Å²) in [5, 5.41) is 2.56. The van der Waals surface area contributed by atoms with Crippen LogP contribution < -0.4 is 5.32 Å². The predicted molar refractivity (Wildman–Crippen MR) is 72.7 cm³/mol. The van der Waals surface area contributed by atoms with Gasteiger partial charge in [-0.2, -0.15) is 0 Å². The van der Waals surface area contributed by atoms with Gasteiger partial charge in [-0.1, -0.05) is 25.7 Å². The van der Waals surface area contributed by atoms with Crippen molar-refractivity contribution in [2.24, 2.45) is 5.92 Å². The van der Waals surface area contributed by atoms with Crippen molar-refractivity contribution in [3.63, 3.8) is 0 Å². The van der Waals surface area contributed by atoms with Crippen molar-refractivity contribution >= 4 is 12.2 Å². The Bertz CT molecular complexity index is 391. The summed E-state index contributed by atoms with van der Waals surface area (Å²) in [5.41, 5.74) is 0. The summed E-state index contributed by atoms with van der Waals surface area (Å²) in [4.78, 5) is 22.5. The topological polar surface area (TPSA) is 73.9 Å². The zero-order chi connectivity index (χ0) is 15.4. The van der Waals surface area contributed by atoms with E-state index < -0.39 is 18.3 Å². The molecular formula is C14H19NO5. The van der Waals surface area contributed by atoms with Gasteiger partial charge < -0.3 is 19.5 Å². The van der Waals surface area contributed by atoms with Gasteiger partial charge in [0.25, 0.3) is 0 Å². The summed E-state index contributed by atoms with van der Waals surface area (Å²) < 4.78 is 14.1. The number of carbonyl (C=O) groups is 2. The first-order chi connectivity index (χ1) is 9.49. The SMILES string of the molecule is C#CCOC(=O)NC(COC(=O)OCC#C)CC(C)C. The highest BCUT2D eigenvalue weighted by Crippen LogP contribution is 2.06. The van der Waals surface area contributed by atoms with E-state index in [0.29, 0.717) is 12.3 Å². The maximum atomic E-state index is 11.4. The Morgan fingerprint density at radius 2 is 1.70 bits per heavy atom. The third-order valence-corrected chi connectivity index (χ3v) is 2.04. The lowest BCUT2D eigenvalue weighted by atomic mass is 10.0. The summed E-state index contributed by atoms with van der Waals surface area (Å²) in [6.45, 7) is 3.62. The maximum absolute atomic E-state index is 11.4. The van der Waals surface area contributed by atoms with Crippen molar-refractivity contribution in [2.75, 3.05) is 19.8 Å². The van der Waals surface area contributed by atoms with Gasteiger partial charge in [0.2, 0.25) is 0 Å². The van der Waals surface area contributed by atoms with Gasteiger partial charge in [0.1, 0.15) is 6.61 Å². The van der Waals surface area contributed by atoms with Crippen LogP contribution in [0.5, 0.6) is 0 Å². The number of rotatable bonds is 7. The van der Waals surface area contributed by atoms with Gasteiger partial charge in [0.05, 0.1) is 6.04 Å². The number of nitrogens with one attached hydrogen (secondary N) is 1. The molecule has 0 aliphatic rings. The number of ether oxygens (including phenoxy) is 3. The third-order valence-electron chi connectivity index (χ3n) is 2.04. The molecule has 0 aromatic carbocycles. The van der Waals surface area contributed by atoms with Crippen molar-refractivity contribution in [3.05, 3.63) is 0 Å². The normalized spacial score (nSPS) is 10.8. The number of hydrogen-bond donors (Lipinski definition) is 1. The Balaban J connectivity index is 4.21. The maximum Gasteiger partial charge on any atom is 0.509 e. The molecule has 0 heterocycles. The molecule has 1 N–H and O–H groups in total. The molecule has 0 aliphatic carbocycles. The van der Waals surface area contributed by atoms with E-state index >= 15 is 0 Å². The van der Waals surface area contributed by atoms with Crippen LogP contribution in [0.4, 0.5) is 9.59 Å². The van der Waals surface area contributed by atoms with E-state index in [2.05, 4.69) is 21.9 Å². The zero-order valence-corrected chi connectivity index (χ0v) is 11.7. The molecule has 0 radical (unpaired) electrons.